The molecular formula is C72H63N3O. The quantitative estimate of drug-likeness (QED) is 0.124. The van der Waals surface area contributed by atoms with Crippen molar-refractivity contribution in [1.82, 2.24) is 14.5 Å². The molecule has 1 N–H and O–H groups in total. The maximum absolute atomic E-state index is 12.0. The number of benzene rings is 9. The summed E-state index contributed by atoms with van der Waals surface area (Å²) in [6.07, 6.45) is 4.27. The first-order chi connectivity index (χ1) is 37.8. The molecule has 0 spiro atoms. The summed E-state index contributed by atoms with van der Waals surface area (Å²) < 4.78 is 21.2. The first-order valence-electron chi connectivity index (χ1n) is 27.8. The molecule has 0 saturated heterocycles. The van der Waals surface area contributed by atoms with Gasteiger partial charge in [-0.3, -0.25) is 9.55 Å². The van der Waals surface area contributed by atoms with Gasteiger partial charge in [0.1, 0.15) is 11.6 Å². The third kappa shape index (κ3) is 9.34. The zero-order chi connectivity index (χ0) is 53.6. The van der Waals surface area contributed by atoms with Crippen molar-refractivity contribution in [1.29, 1.82) is 0 Å². The molecule has 1 fully saturated rings. The van der Waals surface area contributed by atoms with Crippen LogP contribution in [0, 0.1) is 5.92 Å². The van der Waals surface area contributed by atoms with Gasteiger partial charge in [0.2, 0.25) is 0 Å². The molecule has 4 nitrogen and oxygen atoms in total. The summed E-state index contributed by atoms with van der Waals surface area (Å²) in [5, 5.41) is 12.0. The van der Waals surface area contributed by atoms with E-state index < -0.39 is 6.37 Å². The second-order valence-electron chi connectivity index (χ2n) is 21.7. The molecule has 0 radical (unpaired) electrons. The lowest BCUT2D eigenvalue weighted by Gasteiger charge is -2.32. The van der Waals surface area contributed by atoms with E-state index in [9.17, 15) is 7.85 Å². The van der Waals surface area contributed by atoms with E-state index in [-0.39, 0.29) is 22.5 Å². The number of nitrogens with zero attached hydrogens (tertiary/aromatic N) is 3. The normalized spacial score (nSPS) is 13.7. The molecule has 2 heterocycles. The molecule has 0 unspecified atom stereocenters. The summed E-state index contributed by atoms with van der Waals surface area (Å²) in [4.78, 5) is 10.7. The zero-order valence-corrected chi connectivity index (χ0v) is 43.7. The van der Waals surface area contributed by atoms with Gasteiger partial charge in [-0.1, -0.05) is 216 Å². The van der Waals surface area contributed by atoms with Crippen molar-refractivity contribution in [3.8, 4) is 78.6 Å². The van der Waals surface area contributed by atoms with Crippen LogP contribution < -0.4 is 0 Å². The van der Waals surface area contributed by atoms with Crippen LogP contribution in [0.15, 0.2) is 237 Å². The van der Waals surface area contributed by atoms with Gasteiger partial charge in [-0.2, -0.15) is 0 Å². The highest BCUT2D eigenvalue weighted by Crippen LogP contribution is 2.44. The van der Waals surface area contributed by atoms with Crippen LogP contribution in [-0.2, 0) is 17.2 Å². The Hall–Kier alpha value is -8.60. The van der Waals surface area contributed by atoms with Crippen molar-refractivity contribution in [2.45, 2.75) is 70.6 Å². The largest absolute Gasteiger partial charge is 0.507 e. The number of phenols is 1. The van der Waals surface area contributed by atoms with E-state index in [0.717, 1.165) is 104 Å². The Morgan fingerprint density at radius 3 is 1.75 bits per heavy atom. The molecule has 2 aromatic heterocycles. The molecule has 9 aromatic carbocycles. The third-order valence-corrected chi connectivity index (χ3v) is 15.7. The van der Waals surface area contributed by atoms with Crippen LogP contribution in [0.2, 0.25) is 0 Å². The van der Waals surface area contributed by atoms with Crippen LogP contribution in [0.25, 0.3) is 83.9 Å². The van der Waals surface area contributed by atoms with E-state index >= 15 is 0 Å². The molecule has 0 aliphatic heterocycles. The number of phenolic OH excluding ortho intramolecular Hbond substituents is 1. The number of rotatable bonds is 12. The highest BCUT2D eigenvalue weighted by molar-refractivity contribution is 5.98. The van der Waals surface area contributed by atoms with Gasteiger partial charge in [-0.05, 0) is 146 Å². The number of para-hydroxylation sites is 1. The number of fused-ring (bicyclic) bond motifs is 1. The lowest BCUT2D eigenvalue weighted by molar-refractivity contribution is 0.475. The second kappa shape index (κ2) is 20.3. The number of aromatic hydroxyl groups is 1. The van der Waals surface area contributed by atoms with Gasteiger partial charge in [-0.25, -0.2) is 4.98 Å². The second-order valence-corrected chi connectivity index (χ2v) is 21.7. The van der Waals surface area contributed by atoms with E-state index in [2.05, 4.69) is 220 Å². The number of pyridine rings is 1. The van der Waals surface area contributed by atoms with E-state index in [1.54, 1.807) is 6.07 Å². The molecular weight excluding hydrogens is 923 g/mol. The van der Waals surface area contributed by atoms with Gasteiger partial charge in [0, 0.05) is 31.0 Å². The Kier molecular flexibility index (Phi) is 12.3. The fraction of sp³-hybridized carbons (Fsp3) is 0.167. The maximum atomic E-state index is 12.0. The summed E-state index contributed by atoms with van der Waals surface area (Å²) in [5.41, 5.74) is 17.9. The summed E-state index contributed by atoms with van der Waals surface area (Å²) in [6.45, 7) is 8.86. The van der Waals surface area contributed by atoms with Crippen molar-refractivity contribution < 1.29 is 7.85 Å². The number of hydrogen-bond acceptors (Lipinski definition) is 3. The first kappa shape index (κ1) is 46.0. The van der Waals surface area contributed by atoms with E-state index in [1.165, 1.54) is 16.7 Å². The van der Waals surface area contributed by atoms with Crippen LogP contribution in [0.4, 0.5) is 0 Å². The highest BCUT2D eigenvalue weighted by atomic mass is 16.3. The van der Waals surface area contributed by atoms with Gasteiger partial charge < -0.3 is 5.11 Å². The Balaban J connectivity index is 1.03. The number of imidazole rings is 1. The smallest absolute Gasteiger partial charge is 0.149 e. The molecule has 372 valence electrons. The standard InChI is InChI=1S/C72H63N3O/c1-71(2,3)61-37-39-68(76)64(48-61)70-74-69-62(30-19-31-67(69)75(70)66-38-32-50(42-49-20-17-18-21-49)43-63(66)53-24-11-6-12-25-53)56-44-55(51-22-9-5-10-23-51)45-57(46-56)65-47-54(40-41-73-65)52-33-35-60(36-34-52)72(4,58-26-13-7-14-27-58)59-28-15-8-16-29-59/h5-16,19,22-41,43-49,76H,17-18,20-21,42H2,1-4H3/i42D2. The van der Waals surface area contributed by atoms with Crippen LogP contribution >= 0.6 is 0 Å². The summed E-state index contributed by atoms with van der Waals surface area (Å²) in [5.74, 6) is 0.684. The average molecular weight is 988 g/mol. The lowest BCUT2D eigenvalue weighted by Crippen LogP contribution is -2.25. The number of hydrogen-bond donors (Lipinski definition) is 1. The summed E-state index contributed by atoms with van der Waals surface area (Å²) in [7, 11) is 0. The zero-order valence-electron chi connectivity index (χ0n) is 45.7. The minimum atomic E-state index is -1.50. The minimum Gasteiger partial charge on any atom is -0.507 e. The fourth-order valence-electron chi connectivity index (χ4n) is 11.4. The third-order valence-electron chi connectivity index (χ3n) is 15.7. The van der Waals surface area contributed by atoms with Gasteiger partial charge in [0.15, 0.2) is 0 Å². The Morgan fingerprint density at radius 1 is 0.487 bits per heavy atom. The Bertz CT molecular complexity index is 3890. The van der Waals surface area contributed by atoms with Crippen molar-refractivity contribution >= 4 is 11.0 Å². The molecule has 76 heavy (non-hydrogen) atoms. The SMILES string of the molecule is [2H]C([2H])(c1ccc(-n2c(-c3cc(C(C)(C)C)ccc3O)nc3c(-c4cc(-c5ccccc5)cc(-c5cc(-c6ccc(C(C)(c7ccccc7)c7ccccc7)cc6)ccn5)c4)cccc32)c(-c2ccccc2)c1)C1CCCC1. The van der Waals surface area contributed by atoms with Crippen molar-refractivity contribution in [2.24, 2.45) is 5.92 Å². The summed E-state index contributed by atoms with van der Waals surface area (Å²) >= 11 is 0. The highest BCUT2D eigenvalue weighted by Gasteiger charge is 2.31. The van der Waals surface area contributed by atoms with Crippen LogP contribution in [0.3, 0.4) is 0 Å². The van der Waals surface area contributed by atoms with Gasteiger partial charge in [0.05, 0.1) is 28.0 Å². The number of aromatic nitrogens is 3. The van der Waals surface area contributed by atoms with Gasteiger partial charge >= 0.3 is 0 Å². The molecule has 1 aliphatic carbocycles. The molecule has 1 saturated carbocycles. The van der Waals surface area contributed by atoms with Crippen molar-refractivity contribution in [3.05, 3.63) is 265 Å². The van der Waals surface area contributed by atoms with E-state index in [4.69, 9.17) is 9.97 Å². The molecule has 0 bridgehead atoms. The van der Waals surface area contributed by atoms with Crippen LogP contribution in [-0.4, -0.2) is 19.6 Å². The molecule has 1 aliphatic rings. The Morgan fingerprint density at radius 2 is 1.08 bits per heavy atom. The monoisotopic (exact) mass is 988 g/mol. The Labute approximate surface area is 450 Å². The first-order valence-corrected chi connectivity index (χ1v) is 26.8. The average Bonchev–Trinajstić information content (AvgIpc) is 4.30. The molecule has 12 rings (SSSR count). The van der Waals surface area contributed by atoms with Crippen molar-refractivity contribution in [3.63, 3.8) is 0 Å². The molecule has 11 aromatic rings. The molecule has 0 amide bonds. The predicted molar refractivity (Wildman–Crippen MR) is 316 cm³/mol. The minimum absolute atomic E-state index is 0.0424. The van der Waals surface area contributed by atoms with Crippen molar-refractivity contribution in [2.75, 3.05) is 0 Å². The maximum Gasteiger partial charge on any atom is 0.149 e. The van der Waals surface area contributed by atoms with E-state index in [0.29, 0.717) is 17.0 Å². The van der Waals surface area contributed by atoms with Crippen LogP contribution in [0.5, 0.6) is 5.75 Å². The summed E-state index contributed by atoms with van der Waals surface area (Å²) in [6, 6.07) is 80.6. The van der Waals surface area contributed by atoms with Crippen LogP contribution in [0.1, 0.15) is 83.9 Å². The van der Waals surface area contributed by atoms with Gasteiger partial charge in [0.25, 0.3) is 0 Å². The fourth-order valence-corrected chi connectivity index (χ4v) is 11.4. The topological polar surface area (TPSA) is 50.9 Å². The molecule has 4 heteroatoms. The van der Waals surface area contributed by atoms with E-state index in [1.807, 2.05) is 42.6 Å². The van der Waals surface area contributed by atoms with Gasteiger partial charge in [-0.15, -0.1) is 0 Å². The molecule has 0 atom stereocenters. The predicted octanol–water partition coefficient (Wildman–Crippen LogP) is 18.5. The lowest BCUT2D eigenvalue weighted by atomic mass is 9.71.